The minimum atomic E-state index is 0.453. The molecule has 2 saturated heterocycles. The second-order valence-electron chi connectivity index (χ2n) is 7.48. The van der Waals surface area contributed by atoms with Gasteiger partial charge in [0.2, 0.25) is 0 Å². The lowest BCUT2D eigenvalue weighted by atomic mass is 9.93. The summed E-state index contributed by atoms with van der Waals surface area (Å²) in [6.45, 7) is 14.2. The highest BCUT2D eigenvalue weighted by atomic mass is 16.5. The maximum Gasteiger partial charge on any atom is 0.194 e. The number of rotatable bonds is 5. The van der Waals surface area contributed by atoms with Crippen molar-refractivity contribution in [1.82, 2.24) is 24.7 Å². The Kier molecular flexibility index (Phi) is 6.91. The molecule has 0 aliphatic carbocycles. The van der Waals surface area contributed by atoms with Crippen LogP contribution in [-0.4, -0.2) is 83.8 Å². The summed E-state index contributed by atoms with van der Waals surface area (Å²) < 4.78 is 7.77. The molecule has 3 rings (SSSR count). The van der Waals surface area contributed by atoms with E-state index in [0.29, 0.717) is 18.0 Å². The normalized spacial score (nSPS) is 28.3. The average molecular weight is 363 g/mol. The third kappa shape index (κ3) is 4.76. The molecule has 146 valence electrons. The summed E-state index contributed by atoms with van der Waals surface area (Å²) in [7, 11) is 0. The van der Waals surface area contributed by atoms with Crippen LogP contribution in [0.5, 0.6) is 0 Å². The molecule has 2 aliphatic heterocycles. The van der Waals surface area contributed by atoms with E-state index >= 15 is 0 Å². The monoisotopic (exact) mass is 362 g/mol. The van der Waals surface area contributed by atoms with Crippen molar-refractivity contribution in [3.63, 3.8) is 0 Å². The molecular weight excluding hydrogens is 328 g/mol. The van der Waals surface area contributed by atoms with E-state index in [0.717, 1.165) is 58.4 Å². The molecule has 7 heteroatoms. The number of nitrogens with one attached hydrogen (secondary N) is 1. The van der Waals surface area contributed by atoms with Gasteiger partial charge in [0.15, 0.2) is 5.96 Å². The summed E-state index contributed by atoms with van der Waals surface area (Å²) in [6, 6.07) is 0.942. The molecule has 0 radical (unpaired) electrons. The van der Waals surface area contributed by atoms with Gasteiger partial charge in [-0.15, -0.1) is 0 Å². The number of likely N-dealkylation sites (tertiary alicyclic amines) is 1. The zero-order chi connectivity index (χ0) is 18.4. The smallest absolute Gasteiger partial charge is 0.194 e. The number of hydrogen-bond donors (Lipinski definition) is 1. The van der Waals surface area contributed by atoms with E-state index in [9.17, 15) is 0 Å². The molecule has 2 fully saturated rings. The predicted molar refractivity (Wildman–Crippen MR) is 104 cm³/mol. The fourth-order valence-electron chi connectivity index (χ4n) is 3.90. The number of nitrogens with zero attached hydrogens (tertiary/aromatic N) is 5. The number of aromatic nitrogens is 2. The molecule has 1 aromatic heterocycles. The molecule has 0 aromatic carbocycles. The molecule has 26 heavy (non-hydrogen) atoms. The Morgan fingerprint density at radius 3 is 2.96 bits per heavy atom. The summed E-state index contributed by atoms with van der Waals surface area (Å²) in [5.74, 6) is 1.70. The van der Waals surface area contributed by atoms with Crippen molar-refractivity contribution in [1.29, 1.82) is 0 Å². The van der Waals surface area contributed by atoms with Gasteiger partial charge >= 0.3 is 0 Å². The minimum absolute atomic E-state index is 0.453. The molecular formula is C19H34N6O. The fourth-order valence-corrected chi connectivity index (χ4v) is 3.90. The highest BCUT2D eigenvalue weighted by Gasteiger charge is 2.29. The van der Waals surface area contributed by atoms with E-state index in [1.807, 2.05) is 12.5 Å². The number of hydrogen-bond acceptors (Lipinski definition) is 4. The van der Waals surface area contributed by atoms with E-state index in [1.54, 1.807) is 0 Å². The van der Waals surface area contributed by atoms with Gasteiger partial charge in [0, 0.05) is 51.2 Å². The maximum absolute atomic E-state index is 5.52. The minimum Gasteiger partial charge on any atom is -0.379 e. The molecule has 0 bridgehead atoms. The first-order chi connectivity index (χ1) is 12.7. The Morgan fingerprint density at radius 2 is 2.23 bits per heavy atom. The average Bonchev–Trinajstić information content (AvgIpc) is 3.17. The van der Waals surface area contributed by atoms with Crippen LogP contribution in [0.15, 0.2) is 23.7 Å². The van der Waals surface area contributed by atoms with Crippen LogP contribution in [0, 0.1) is 5.92 Å². The van der Waals surface area contributed by atoms with Crippen molar-refractivity contribution in [2.24, 2.45) is 10.9 Å². The van der Waals surface area contributed by atoms with Gasteiger partial charge in [-0.2, -0.15) is 0 Å². The van der Waals surface area contributed by atoms with Gasteiger partial charge in [0.1, 0.15) is 0 Å². The topological polar surface area (TPSA) is 57.9 Å². The van der Waals surface area contributed by atoms with Crippen LogP contribution in [0.3, 0.4) is 0 Å². The van der Waals surface area contributed by atoms with Gasteiger partial charge in [-0.3, -0.25) is 9.89 Å². The van der Waals surface area contributed by atoms with Crippen molar-refractivity contribution < 1.29 is 4.74 Å². The van der Waals surface area contributed by atoms with Crippen LogP contribution in [0.1, 0.15) is 33.2 Å². The van der Waals surface area contributed by atoms with Crippen molar-refractivity contribution in [2.45, 2.75) is 39.3 Å². The fraction of sp³-hybridized carbons (Fsp3) is 0.789. The molecule has 3 atom stereocenters. The Labute approximate surface area is 157 Å². The zero-order valence-corrected chi connectivity index (χ0v) is 16.5. The summed E-state index contributed by atoms with van der Waals surface area (Å²) >= 11 is 0. The van der Waals surface area contributed by atoms with Crippen LogP contribution in [0.4, 0.5) is 0 Å². The van der Waals surface area contributed by atoms with Gasteiger partial charge in [-0.25, -0.2) is 4.98 Å². The van der Waals surface area contributed by atoms with E-state index < -0.39 is 0 Å². The van der Waals surface area contributed by atoms with Crippen molar-refractivity contribution in [2.75, 3.05) is 52.5 Å². The van der Waals surface area contributed by atoms with Gasteiger partial charge in [-0.05, 0) is 26.2 Å². The first-order valence-electron chi connectivity index (χ1n) is 10.0. The van der Waals surface area contributed by atoms with Gasteiger partial charge < -0.3 is 19.5 Å². The number of morpholine rings is 1. The molecule has 3 heterocycles. The molecule has 7 nitrogen and oxygen atoms in total. The van der Waals surface area contributed by atoms with Gasteiger partial charge in [0.25, 0.3) is 0 Å². The first-order valence-corrected chi connectivity index (χ1v) is 10.0. The van der Waals surface area contributed by atoms with E-state index in [4.69, 9.17) is 9.73 Å². The molecule has 1 aromatic rings. The third-order valence-electron chi connectivity index (χ3n) is 5.61. The number of ether oxygens (including phenoxy) is 1. The van der Waals surface area contributed by atoms with Crippen LogP contribution >= 0.6 is 0 Å². The SMILES string of the molecule is CCNC(=NCCN1CCOCC1C)N1CCC(C)C(n2ccnc2)C1. The Hall–Kier alpha value is -1.60. The summed E-state index contributed by atoms with van der Waals surface area (Å²) in [5.41, 5.74) is 0. The second kappa shape index (κ2) is 9.37. The zero-order valence-electron chi connectivity index (χ0n) is 16.5. The lowest BCUT2D eigenvalue weighted by Crippen LogP contribution is -2.49. The quantitative estimate of drug-likeness (QED) is 0.635. The molecule has 1 N–H and O–H groups in total. The lowest BCUT2D eigenvalue weighted by Gasteiger charge is -2.39. The predicted octanol–water partition coefficient (Wildman–Crippen LogP) is 1.45. The maximum atomic E-state index is 5.52. The molecule has 0 saturated carbocycles. The van der Waals surface area contributed by atoms with E-state index in [1.165, 1.54) is 6.42 Å². The number of piperidine rings is 1. The Morgan fingerprint density at radius 1 is 1.35 bits per heavy atom. The lowest BCUT2D eigenvalue weighted by molar-refractivity contribution is 0.00138. The molecule has 2 aliphatic rings. The van der Waals surface area contributed by atoms with Crippen LogP contribution < -0.4 is 5.32 Å². The molecule has 3 unspecified atom stereocenters. The van der Waals surface area contributed by atoms with Crippen LogP contribution in [0.2, 0.25) is 0 Å². The molecule has 0 spiro atoms. The highest BCUT2D eigenvalue weighted by Crippen LogP contribution is 2.27. The molecule has 0 amide bonds. The van der Waals surface area contributed by atoms with Gasteiger partial charge in [0.05, 0.1) is 32.1 Å². The van der Waals surface area contributed by atoms with E-state index in [2.05, 4.69) is 51.6 Å². The third-order valence-corrected chi connectivity index (χ3v) is 5.61. The van der Waals surface area contributed by atoms with Crippen molar-refractivity contribution >= 4 is 5.96 Å². The summed E-state index contributed by atoms with van der Waals surface area (Å²) in [6.07, 6.45) is 7.06. The number of aliphatic imine (C=N–C) groups is 1. The Balaban J connectivity index is 1.60. The van der Waals surface area contributed by atoms with Gasteiger partial charge in [-0.1, -0.05) is 6.92 Å². The number of imidazole rings is 1. The van der Waals surface area contributed by atoms with Crippen molar-refractivity contribution in [3.05, 3.63) is 18.7 Å². The largest absolute Gasteiger partial charge is 0.379 e. The highest BCUT2D eigenvalue weighted by molar-refractivity contribution is 5.80. The van der Waals surface area contributed by atoms with E-state index in [-0.39, 0.29) is 0 Å². The standard InChI is InChI=1S/C19H34N6O/c1-4-21-19(22-7-10-23-11-12-26-14-17(23)3)24-8-5-16(2)18(13-24)25-9-6-20-15-25/h6,9,15-18H,4-5,7-8,10-14H2,1-3H3,(H,21,22). The van der Waals surface area contributed by atoms with Crippen LogP contribution in [0.25, 0.3) is 0 Å². The number of guanidine groups is 1. The van der Waals surface area contributed by atoms with Crippen molar-refractivity contribution in [3.8, 4) is 0 Å². The van der Waals surface area contributed by atoms with Crippen LogP contribution in [-0.2, 0) is 4.74 Å². The summed E-state index contributed by atoms with van der Waals surface area (Å²) in [5, 5.41) is 3.49. The first kappa shape index (κ1) is 19.2. The Bertz CT molecular complexity index is 560. The second-order valence-corrected chi connectivity index (χ2v) is 7.48. The summed E-state index contributed by atoms with van der Waals surface area (Å²) in [4.78, 5) is 14.0.